The number of aliphatic hydroxyl groups excluding tert-OH is 1. The summed E-state index contributed by atoms with van der Waals surface area (Å²) in [5.41, 5.74) is -0.283. The second-order valence-corrected chi connectivity index (χ2v) is 5.33. The van der Waals surface area contributed by atoms with Crippen LogP contribution in [0.5, 0.6) is 0 Å². The first-order valence-electron chi connectivity index (χ1n) is 7.18. The predicted molar refractivity (Wildman–Crippen MR) is 73.7 cm³/mol. The lowest BCUT2D eigenvalue weighted by Crippen LogP contribution is -2.41. The third-order valence-electron chi connectivity index (χ3n) is 4.21. The van der Waals surface area contributed by atoms with Gasteiger partial charge in [0, 0.05) is 37.8 Å². The molecule has 6 nitrogen and oxygen atoms in total. The molecule has 0 aromatic heterocycles. The second-order valence-electron chi connectivity index (χ2n) is 5.33. The quantitative estimate of drug-likeness (QED) is 0.633. The molecule has 1 fully saturated rings. The zero-order valence-corrected chi connectivity index (χ0v) is 12.3. The van der Waals surface area contributed by atoms with Gasteiger partial charge in [-0.25, -0.2) is 0 Å². The molecule has 1 saturated heterocycles. The van der Waals surface area contributed by atoms with E-state index in [1.807, 2.05) is 13.8 Å². The van der Waals surface area contributed by atoms with Crippen molar-refractivity contribution in [3.05, 3.63) is 0 Å². The van der Waals surface area contributed by atoms with Gasteiger partial charge in [-0.3, -0.25) is 19.3 Å². The number of aliphatic hydroxyl groups is 1. The summed E-state index contributed by atoms with van der Waals surface area (Å²) in [6.45, 7) is 4.55. The maximum absolute atomic E-state index is 11.8. The fourth-order valence-electron chi connectivity index (χ4n) is 2.24. The van der Waals surface area contributed by atoms with E-state index >= 15 is 0 Å². The van der Waals surface area contributed by atoms with E-state index in [2.05, 4.69) is 5.32 Å². The molecule has 0 aliphatic carbocycles. The average molecular weight is 284 g/mol. The maximum Gasteiger partial charge on any atom is 0.229 e. The molecule has 0 spiro atoms. The van der Waals surface area contributed by atoms with Crippen molar-refractivity contribution in [1.82, 2.24) is 10.2 Å². The Morgan fingerprint density at radius 1 is 1.25 bits per heavy atom. The topological polar surface area (TPSA) is 86.7 Å². The molecular formula is C14H24N2O4. The Balaban J connectivity index is 2.37. The van der Waals surface area contributed by atoms with Crippen molar-refractivity contribution >= 4 is 17.7 Å². The fraction of sp³-hybridized carbons (Fsp3) is 0.786. The first kappa shape index (κ1) is 16.6. The van der Waals surface area contributed by atoms with Crippen LogP contribution in [-0.2, 0) is 14.4 Å². The van der Waals surface area contributed by atoms with Gasteiger partial charge in [0.1, 0.15) is 0 Å². The highest BCUT2D eigenvalue weighted by Gasteiger charge is 2.29. The molecule has 114 valence electrons. The minimum absolute atomic E-state index is 0.0311. The van der Waals surface area contributed by atoms with Gasteiger partial charge in [0.25, 0.3) is 0 Å². The molecule has 1 aliphatic heterocycles. The lowest BCUT2D eigenvalue weighted by molar-refractivity contribution is -0.138. The third-order valence-corrected chi connectivity index (χ3v) is 4.21. The number of likely N-dealkylation sites (tertiary alicyclic amines) is 1. The number of amides is 3. The Morgan fingerprint density at radius 3 is 2.25 bits per heavy atom. The van der Waals surface area contributed by atoms with E-state index in [0.717, 1.165) is 17.7 Å². The van der Waals surface area contributed by atoms with Crippen LogP contribution in [0.25, 0.3) is 0 Å². The highest BCUT2D eigenvalue weighted by Crippen LogP contribution is 2.24. The van der Waals surface area contributed by atoms with Crippen LogP contribution in [-0.4, -0.2) is 47.4 Å². The van der Waals surface area contributed by atoms with Gasteiger partial charge < -0.3 is 10.4 Å². The number of carbonyl (C=O) groups is 3. The first-order chi connectivity index (χ1) is 9.48. The van der Waals surface area contributed by atoms with Crippen LogP contribution in [0.15, 0.2) is 0 Å². The van der Waals surface area contributed by atoms with E-state index < -0.39 is 0 Å². The van der Waals surface area contributed by atoms with Crippen molar-refractivity contribution in [3.8, 4) is 0 Å². The van der Waals surface area contributed by atoms with Crippen molar-refractivity contribution in [3.63, 3.8) is 0 Å². The van der Waals surface area contributed by atoms with Gasteiger partial charge in [0.15, 0.2) is 0 Å². The number of hydrogen-bond acceptors (Lipinski definition) is 4. The zero-order chi connectivity index (χ0) is 15.2. The Labute approximate surface area is 119 Å². The molecule has 0 saturated carbocycles. The highest BCUT2D eigenvalue weighted by atomic mass is 16.3. The molecule has 6 heteroatoms. The molecule has 0 aromatic rings. The molecule has 3 amide bonds. The number of imide groups is 1. The lowest BCUT2D eigenvalue weighted by Gasteiger charge is -2.29. The normalized spacial score (nSPS) is 15.8. The standard InChI is InChI=1S/C14H24N2O4/c1-3-14(4-2,10-17)9-15-11(18)7-8-16-12(19)5-6-13(16)20/h17H,3-10H2,1-2H3,(H,15,18). The zero-order valence-electron chi connectivity index (χ0n) is 12.3. The number of nitrogens with one attached hydrogen (secondary N) is 1. The molecule has 20 heavy (non-hydrogen) atoms. The summed E-state index contributed by atoms with van der Waals surface area (Å²) in [6, 6.07) is 0. The third kappa shape index (κ3) is 4.03. The van der Waals surface area contributed by atoms with E-state index in [1.165, 1.54) is 0 Å². The average Bonchev–Trinajstić information content (AvgIpc) is 2.78. The monoisotopic (exact) mass is 284 g/mol. The largest absolute Gasteiger partial charge is 0.396 e. The summed E-state index contributed by atoms with van der Waals surface area (Å²) in [7, 11) is 0. The van der Waals surface area contributed by atoms with Gasteiger partial charge >= 0.3 is 0 Å². The van der Waals surface area contributed by atoms with Crippen LogP contribution in [0.2, 0.25) is 0 Å². The predicted octanol–water partition coefficient (Wildman–Crippen LogP) is 0.440. The summed E-state index contributed by atoms with van der Waals surface area (Å²) >= 11 is 0. The SMILES string of the molecule is CCC(CC)(CO)CNC(=O)CCN1C(=O)CCC1=O. The summed E-state index contributed by atoms with van der Waals surface area (Å²) in [6.07, 6.45) is 2.18. The maximum atomic E-state index is 11.8. The summed E-state index contributed by atoms with van der Waals surface area (Å²) in [5.74, 6) is -0.596. The molecule has 1 aliphatic rings. The summed E-state index contributed by atoms with van der Waals surface area (Å²) in [4.78, 5) is 35.7. The van der Waals surface area contributed by atoms with Gasteiger partial charge in [0.2, 0.25) is 17.7 Å². The van der Waals surface area contributed by atoms with Crippen molar-refractivity contribution in [2.24, 2.45) is 5.41 Å². The molecule has 0 bridgehead atoms. The minimum atomic E-state index is -0.283. The van der Waals surface area contributed by atoms with Crippen LogP contribution in [0, 0.1) is 5.41 Å². The van der Waals surface area contributed by atoms with Crippen LogP contribution in [0.3, 0.4) is 0 Å². The van der Waals surface area contributed by atoms with Gasteiger partial charge in [-0.05, 0) is 12.8 Å². The molecule has 2 N–H and O–H groups in total. The Kier molecular flexibility index (Phi) is 6.13. The van der Waals surface area contributed by atoms with Crippen LogP contribution in [0.1, 0.15) is 46.0 Å². The molecule has 0 atom stereocenters. The van der Waals surface area contributed by atoms with Gasteiger partial charge in [-0.15, -0.1) is 0 Å². The van der Waals surface area contributed by atoms with E-state index in [9.17, 15) is 19.5 Å². The van der Waals surface area contributed by atoms with Crippen molar-refractivity contribution < 1.29 is 19.5 Å². The summed E-state index contributed by atoms with van der Waals surface area (Å²) in [5, 5.41) is 12.2. The van der Waals surface area contributed by atoms with E-state index in [4.69, 9.17) is 0 Å². The van der Waals surface area contributed by atoms with Crippen molar-refractivity contribution in [2.75, 3.05) is 19.7 Å². The molecule has 1 heterocycles. The Morgan fingerprint density at radius 2 is 1.80 bits per heavy atom. The molecule has 1 rings (SSSR count). The number of rotatable bonds is 8. The molecule has 0 unspecified atom stereocenters. The molecule has 0 radical (unpaired) electrons. The molecule has 0 aromatic carbocycles. The Bertz CT molecular complexity index is 353. The second kappa shape index (κ2) is 7.38. The summed E-state index contributed by atoms with van der Waals surface area (Å²) < 4.78 is 0. The van der Waals surface area contributed by atoms with Gasteiger partial charge in [-0.2, -0.15) is 0 Å². The molecular weight excluding hydrogens is 260 g/mol. The van der Waals surface area contributed by atoms with Crippen LogP contribution >= 0.6 is 0 Å². The van der Waals surface area contributed by atoms with Gasteiger partial charge in [0.05, 0.1) is 6.61 Å². The van der Waals surface area contributed by atoms with Crippen LogP contribution < -0.4 is 5.32 Å². The van der Waals surface area contributed by atoms with Gasteiger partial charge in [-0.1, -0.05) is 13.8 Å². The fourth-order valence-corrected chi connectivity index (χ4v) is 2.24. The highest BCUT2D eigenvalue weighted by molar-refractivity contribution is 6.02. The van der Waals surface area contributed by atoms with Crippen LogP contribution in [0.4, 0.5) is 0 Å². The number of carbonyl (C=O) groups excluding carboxylic acids is 3. The van der Waals surface area contributed by atoms with E-state index in [0.29, 0.717) is 6.54 Å². The van der Waals surface area contributed by atoms with Crippen molar-refractivity contribution in [2.45, 2.75) is 46.0 Å². The van der Waals surface area contributed by atoms with E-state index in [1.54, 1.807) is 0 Å². The minimum Gasteiger partial charge on any atom is -0.396 e. The lowest BCUT2D eigenvalue weighted by atomic mass is 9.83. The van der Waals surface area contributed by atoms with Crippen molar-refractivity contribution in [1.29, 1.82) is 0 Å². The number of nitrogens with zero attached hydrogens (tertiary/aromatic N) is 1. The van der Waals surface area contributed by atoms with E-state index in [-0.39, 0.29) is 55.6 Å². The first-order valence-corrected chi connectivity index (χ1v) is 7.18. The smallest absolute Gasteiger partial charge is 0.229 e. The Hall–Kier alpha value is -1.43. The number of hydrogen-bond donors (Lipinski definition) is 2.